The van der Waals surface area contributed by atoms with E-state index in [1.807, 2.05) is 32.0 Å². The zero-order valence-electron chi connectivity index (χ0n) is 14.5. The van der Waals surface area contributed by atoms with Crippen LogP contribution >= 0.6 is 0 Å². The SMILES string of the molecule is CCCCNC(=O)c1cccc(C(=O)Nc2ccc(C)cc2C)c1. The van der Waals surface area contributed by atoms with Crippen molar-refractivity contribution in [2.45, 2.75) is 33.6 Å². The second-order valence-corrected chi connectivity index (χ2v) is 5.96. The molecule has 0 aromatic heterocycles. The highest BCUT2D eigenvalue weighted by Crippen LogP contribution is 2.17. The third kappa shape index (κ3) is 4.69. The van der Waals surface area contributed by atoms with Crippen molar-refractivity contribution in [2.75, 3.05) is 11.9 Å². The zero-order valence-corrected chi connectivity index (χ0v) is 14.5. The molecular formula is C20H24N2O2. The van der Waals surface area contributed by atoms with Crippen LogP contribution in [-0.4, -0.2) is 18.4 Å². The molecule has 0 aliphatic heterocycles. The first-order valence-electron chi connectivity index (χ1n) is 8.28. The van der Waals surface area contributed by atoms with Gasteiger partial charge >= 0.3 is 0 Å². The third-order valence-electron chi connectivity index (χ3n) is 3.83. The molecule has 0 aliphatic rings. The van der Waals surface area contributed by atoms with Gasteiger partial charge in [0.15, 0.2) is 0 Å². The minimum atomic E-state index is -0.217. The molecule has 0 unspecified atom stereocenters. The average Bonchev–Trinajstić information content (AvgIpc) is 2.57. The molecule has 4 heteroatoms. The van der Waals surface area contributed by atoms with E-state index in [1.54, 1.807) is 24.3 Å². The Morgan fingerprint density at radius 3 is 2.33 bits per heavy atom. The molecule has 0 spiro atoms. The van der Waals surface area contributed by atoms with Gasteiger partial charge in [0.25, 0.3) is 11.8 Å². The molecule has 0 atom stereocenters. The van der Waals surface area contributed by atoms with E-state index < -0.39 is 0 Å². The van der Waals surface area contributed by atoms with E-state index in [2.05, 4.69) is 17.6 Å². The van der Waals surface area contributed by atoms with Crippen molar-refractivity contribution in [2.24, 2.45) is 0 Å². The fraction of sp³-hybridized carbons (Fsp3) is 0.300. The van der Waals surface area contributed by atoms with E-state index in [0.29, 0.717) is 17.7 Å². The highest BCUT2D eigenvalue weighted by atomic mass is 16.2. The number of hydrogen-bond acceptors (Lipinski definition) is 2. The Balaban J connectivity index is 2.09. The Hall–Kier alpha value is -2.62. The third-order valence-corrected chi connectivity index (χ3v) is 3.83. The molecule has 2 amide bonds. The van der Waals surface area contributed by atoms with Crippen LogP contribution in [0.2, 0.25) is 0 Å². The number of carbonyl (C=O) groups excluding carboxylic acids is 2. The van der Waals surface area contributed by atoms with Gasteiger partial charge in [-0.2, -0.15) is 0 Å². The number of hydrogen-bond donors (Lipinski definition) is 2. The molecule has 2 aromatic rings. The fourth-order valence-corrected chi connectivity index (χ4v) is 2.43. The van der Waals surface area contributed by atoms with Gasteiger partial charge in [-0.05, 0) is 50.1 Å². The first-order chi connectivity index (χ1) is 11.5. The van der Waals surface area contributed by atoms with Gasteiger partial charge in [-0.3, -0.25) is 9.59 Å². The molecule has 0 saturated heterocycles. The van der Waals surface area contributed by atoms with Crippen LogP contribution in [0.25, 0.3) is 0 Å². The van der Waals surface area contributed by atoms with Gasteiger partial charge in [0.1, 0.15) is 0 Å². The molecule has 0 saturated carbocycles. The maximum Gasteiger partial charge on any atom is 0.255 e. The summed E-state index contributed by atoms with van der Waals surface area (Å²) in [6.45, 7) is 6.69. The average molecular weight is 324 g/mol. The molecule has 0 aliphatic carbocycles. The normalized spacial score (nSPS) is 10.3. The van der Waals surface area contributed by atoms with E-state index in [1.165, 1.54) is 0 Å². The number of unbranched alkanes of at least 4 members (excludes halogenated alkanes) is 1. The predicted molar refractivity (Wildman–Crippen MR) is 97.6 cm³/mol. The van der Waals surface area contributed by atoms with E-state index in [9.17, 15) is 9.59 Å². The molecule has 2 N–H and O–H groups in total. The lowest BCUT2D eigenvalue weighted by Gasteiger charge is -2.10. The summed E-state index contributed by atoms with van der Waals surface area (Å²) in [5, 5.41) is 5.76. The van der Waals surface area contributed by atoms with Crippen molar-refractivity contribution >= 4 is 17.5 Å². The van der Waals surface area contributed by atoms with E-state index in [-0.39, 0.29) is 11.8 Å². The number of carbonyl (C=O) groups is 2. The maximum absolute atomic E-state index is 12.4. The Morgan fingerprint density at radius 2 is 1.67 bits per heavy atom. The van der Waals surface area contributed by atoms with Crippen LogP contribution in [0, 0.1) is 13.8 Å². The highest BCUT2D eigenvalue weighted by molar-refractivity contribution is 6.06. The number of anilines is 1. The molecule has 126 valence electrons. The molecule has 0 radical (unpaired) electrons. The Bertz CT molecular complexity index is 738. The Morgan fingerprint density at radius 1 is 0.958 bits per heavy atom. The zero-order chi connectivity index (χ0) is 17.5. The molecule has 4 nitrogen and oxygen atoms in total. The minimum Gasteiger partial charge on any atom is -0.352 e. The van der Waals surface area contributed by atoms with E-state index >= 15 is 0 Å². The van der Waals surface area contributed by atoms with Crippen molar-refractivity contribution < 1.29 is 9.59 Å². The van der Waals surface area contributed by atoms with Gasteiger partial charge in [-0.15, -0.1) is 0 Å². The summed E-state index contributed by atoms with van der Waals surface area (Å²) in [6.07, 6.45) is 1.97. The standard InChI is InChI=1S/C20H24N2O2/c1-4-5-11-21-19(23)16-7-6-8-17(13-16)20(24)22-18-10-9-14(2)12-15(18)3/h6-10,12-13H,4-5,11H2,1-3H3,(H,21,23)(H,22,24). The Kier molecular flexibility index (Phi) is 6.13. The number of nitrogens with one attached hydrogen (secondary N) is 2. The quantitative estimate of drug-likeness (QED) is 0.786. The highest BCUT2D eigenvalue weighted by Gasteiger charge is 2.11. The van der Waals surface area contributed by atoms with Crippen molar-refractivity contribution in [3.8, 4) is 0 Å². The lowest BCUT2D eigenvalue weighted by Crippen LogP contribution is -2.24. The Labute approximate surface area is 143 Å². The van der Waals surface area contributed by atoms with Crippen molar-refractivity contribution in [3.63, 3.8) is 0 Å². The lowest BCUT2D eigenvalue weighted by molar-refractivity contribution is 0.0953. The van der Waals surface area contributed by atoms with Gasteiger partial charge < -0.3 is 10.6 Å². The van der Waals surface area contributed by atoms with Crippen molar-refractivity contribution in [1.82, 2.24) is 5.32 Å². The molecule has 0 bridgehead atoms. The van der Waals surface area contributed by atoms with Gasteiger partial charge in [0, 0.05) is 23.4 Å². The van der Waals surface area contributed by atoms with E-state index in [4.69, 9.17) is 0 Å². The molecular weight excluding hydrogens is 300 g/mol. The second-order valence-electron chi connectivity index (χ2n) is 5.96. The summed E-state index contributed by atoms with van der Waals surface area (Å²) < 4.78 is 0. The first kappa shape index (κ1) is 17.7. The minimum absolute atomic E-state index is 0.149. The molecule has 2 aromatic carbocycles. The summed E-state index contributed by atoms with van der Waals surface area (Å²) in [5.74, 6) is -0.366. The number of benzene rings is 2. The summed E-state index contributed by atoms with van der Waals surface area (Å²) in [4.78, 5) is 24.5. The summed E-state index contributed by atoms with van der Waals surface area (Å²) in [6, 6.07) is 12.7. The van der Waals surface area contributed by atoms with Gasteiger partial charge in [0.05, 0.1) is 0 Å². The predicted octanol–water partition coefficient (Wildman–Crippen LogP) is 4.09. The summed E-state index contributed by atoms with van der Waals surface area (Å²) >= 11 is 0. The molecule has 0 fully saturated rings. The maximum atomic E-state index is 12.4. The number of aryl methyl sites for hydroxylation is 2. The van der Waals surface area contributed by atoms with Crippen LogP contribution in [-0.2, 0) is 0 Å². The van der Waals surface area contributed by atoms with Crippen LogP contribution < -0.4 is 10.6 Å². The molecule has 2 rings (SSSR count). The van der Waals surface area contributed by atoms with Gasteiger partial charge in [0.2, 0.25) is 0 Å². The topological polar surface area (TPSA) is 58.2 Å². The summed E-state index contributed by atoms with van der Waals surface area (Å²) in [5.41, 5.74) is 3.91. The van der Waals surface area contributed by atoms with Crippen LogP contribution in [0.1, 0.15) is 51.6 Å². The van der Waals surface area contributed by atoms with Crippen LogP contribution in [0.5, 0.6) is 0 Å². The smallest absolute Gasteiger partial charge is 0.255 e. The molecule has 0 heterocycles. The van der Waals surface area contributed by atoms with Crippen LogP contribution in [0.15, 0.2) is 42.5 Å². The van der Waals surface area contributed by atoms with Crippen LogP contribution in [0.3, 0.4) is 0 Å². The second kappa shape index (κ2) is 8.29. The van der Waals surface area contributed by atoms with Crippen molar-refractivity contribution in [3.05, 3.63) is 64.7 Å². The fourth-order valence-electron chi connectivity index (χ4n) is 2.43. The largest absolute Gasteiger partial charge is 0.352 e. The summed E-state index contributed by atoms with van der Waals surface area (Å²) in [7, 11) is 0. The molecule has 24 heavy (non-hydrogen) atoms. The first-order valence-corrected chi connectivity index (χ1v) is 8.28. The van der Waals surface area contributed by atoms with Gasteiger partial charge in [-0.25, -0.2) is 0 Å². The lowest BCUT2D eigenvalue weighted by atomic mass is 10.1. The van der Waals surface area contributed by atoms with Gasteiger partial charge in [-0.1, -0.05) is 37.1 Å². The number of rotatable bonds is 6. The monoisotopic (exact) mass is 324 g/mol. The van der Waals surface area contributed by atoms with Crippen molar-refractivity contribution in [1.29, 1.82) is 0 Å². The van der Waals surface area contributed by atoms with E-state index in [0.717, 1.165) is 29.7 Å². The van der Waals surface area contributed by atoms with Crippen LogP contribution in [0.4, 0.5) is 5.69 Å². The number of amides is 2.